The van der Waals surface area contributed by atoms with Gasteiger partial charge in [0.15, 0.2) is 17.5 Å². The van der Waals surface area contributed by atoms with Crippen LogP contribution in [0.4, 0.5) is 0 Å². The van der Waals surface area contributed by atoms with Crippen LogP contribution in [0.5, 0.6) is 0 Å². The van der Waals surface area contributed by atoms with E-state index in [9.17, 15) is 0 Å². The van der Waals surface area contributed by atoms with Gasteiger partial charge in [0.05, 0.1) is 11.0 Å². The van der Waals surface area contributed by atoms with E-state index in [4.69, 9.17) is 19.4 Å². The highest BCUT2D eigenvalue weighted by molar-refractivity contribution is 6.21. The molecule has 7 aromatic carbocycles. The number of aromatic nitrogens is 5. The molecule has 0 unspecified atom stereocenters. The van der Waals surface area contributed by atoms with Crippen molar-refractivity contribution in [3.05, 3.63) is 164 Å². The van der Waals surface area contributed by atoms with E-state index < -0.39 is 0 Å². The molecule has 0 bridgehead atoms. The molecular weight excluding hydrogens is 639 g/mol. The number of para-hydroxylation sites is 1. The highest BCUT2D eigenvalue weighted by Crippen LogP contribution is 2.38. The Morgan fingerprint density at radius 3 is 1.96 bits per heavy atom. The Bertz CT molecular complexity index is 3210. The van der Waals surface area contributed by atoms with E-state index in [0.717, 1.165) is 60.5 Å². The first-order valence-corrected chi connectivity index (χ1v) is 17.3. The molecule has 6 nitrogen and oxygen atoms in total. The van der Waals surface area contributed by atoms with Gasteiger partial charge in [-0.3, -0.25) is 0 Å². The monoisotopic (exact) mass is 665 g/mol. The van der Waals surface area contributed by atoms with Crippen LogP contribution >= 0.6 is 0 Å². The van der Waals surface area contributed by atoms with Crippen LogP contribution in [0.2, 0.25) is 0 Å². The number of fused-ring (bicyclic) bond motifs is 9. The molecule has 242 valence electrons. The number of hydrogen-bond acceptors (Lipinski definition) is 5. The maximum absolute atomic E-state index is 6.16. The standard InChI is InChI=1S/C46H27N5O/c1-2-11-30-25-32(19-18-28(30)9-1)44-48-43(49-45(50-44)33-20-22-36-37-16-8-24-47-46(37)52-41(36)27-33)31-12-7-13-34(26-31)51-39-17-6-5-15-38(39)42-35-14-4-3-10-29(35)21-23-40(42)51/h1-27H. The fourth-order valence-electron chi connectivity index (χ4n) is 7.64. The molecule has 0 fully saturated rings. The summed E-state index contributed by atoms with van der Waals surface area (Å²) in [7, 11) is 0. The lowest BCUT2D eigenvalue weighted by Crippen LogP contribution is -2.01. The summed E-state index contributed by atoms with van der Waals surface area (Å²) in [5.41, 5.74) is 7.32. The van der Waals surface area contributed by atoms with Crippen molar-refractivity contribution < 1.29 is 4.42 Å². The zero-order chi connectivity index (χ0) is 34.2. The molecule has 11 aromatic rings. The predicted molar refractivity (Wildman–Crippen MR) is 211 cm³/mol. The molecule has 0 saturated carbocycles. The Kier molecular flexibility index (Phi) is 6.15. The predicted octanol–water partition coefficient (Wildman–Crippen LogP) is 11.6. The van der Waals surface area contributed by atoms with Gasteiger partial charge >= 0.3 is 0 Å². The van der Waals surface area contributed by atoms with Crippen LogP contribution in [-0.2, 0) is 0 Å². The van der Waals surface area contributed by atoms with Crippen molar-refractivity contribution in [2.75, 3.05) is 0 Å². The number of pyridine rings is 1. The molecule has 52 heavy (non-hydrogen) atoms. The zero-order valence-electron chi connectivity index (χ0n) is 27.7. The van der Waals surface area contributed by atoms with E-state index in [1.54, 1.807) is 6.20 Å². The van der Waals surface area contributed by atoms with Crippen molar-refractivity contribution in [3.63, 3.8) is 0 Å². The quantitative estimate of drug-likeness (QED) is 0.187. The molecule has 11 rings (SSSR count). The van der Waals surface area contributed by atoms with Crippen molar-refractivity contribution >= 4 is 65.4 Å². The first-order valence-electron chi connectivity index (χ1n) is 17.3. The smallest absolute Gasteiger partial charge is 0.227 e. The molecule has 4 aromatic heterocycles. The minimum Gasteiger partial charge on any atom is -0.438 e. The lowest BCUT2D eigenvalue weighted by molar-refractivity contribution is 0.654. The summed E-state index contributed by atoms with van der Waals surface area (Å²) in [6, 6.07) is 54.9. The number of benzene rings is 7. The van der Waals surface area contributed by atoms with Crippen molar-refractivity contribution in [3.8, 4) is 39.9 Å². The average molecular weight is 666 g/mol. The summed E-state index contributed by atoms with van der Waals surface area (Å²) in [5.74, 6) is 1.76. The van der Waals surface area contributed by atoms with Gasteiger partial charge in [-0.2, -0.15) is 0 Å². The first kappa shape index (κ1) is 28.6. The Balaban J connectivity index is 1.12. The van der Waals surface area contributed by atoms with E-state index in [0.29, 0.717) is 23.2 Å². The molecule has 0 aliphatic rings. The molecule has 0 N–H and O–H groups in total. The lowest BCUT2D eigenvalue weighted by atomic mass is 10.0. The van der Waals surface area contributed by atoms with Gasteiger partial charge in [0, 0.05) is 50.1 Å². The molecule has 0 aliphatic carbocycles. The lowest BCUT2D eigenvalue weighted by Gasteiger charge is -2.12. The van der Waals surface area contributed by atoms with Crippen LogP contribution in [-0.4, -0.2) is 24.5 Å². The number of furan rings is 1. The average Bonchev–Trinajstić information content (AvgIpc) is 3.76. The molecule has 0 saturated heterocycles. The number of nitrogens with zero attached hydrogens (tertiary/aromatic N) is 5. The van der Waals surface area contributed by atoms with Crippen LogP contribution in [0.25, 0.3) is 105 Å². The third kappa shape index (κ3) is 4.44. The minimum absolute atomic E-state index is 0.567. The summed E-state index contributed by atoms with van der Waals surface area (Å²) in [4.78, 5) is 19.7. The molecule has 0 amide bonds. The van der Waals surface area contributed by atoms with Crippen LogP contribution in [0.15, 0.2) is 168 Å². The first-order chi connectivity index (χ1) is 25.7. The molecule has 0 spiro atoms. The van der Waals surface area contributed by atoms with Gasteiger partial charge in [-0.1, -0.05) is 103 Å². The topological polar surface area (TPSA) is 69.6 Å². The summed E-state index contributed by atoms with van der Waals surface area (Å²) >= 11 is 0. The molecule has 4 heterocycles. The molecule has 0 radical (unpaired) electrons. The Labute approximate surface area is 297 Å². The largest absolute Gasteiger partial charge is 0.438 e. The summed E-state index contributed by atoms with van der Waals surface area (Å²) < 4.78 is 8.51. The van der Waals surface area contributed by atoms with E-state index in [1.807, 2.05) is 24.3 Å². The number of rotatable bonds is 4. The highest BCUT2D eigenvalue weighted by atomic mass is 16.3. The van der Waals surface area contributed by atoms with Crippen molar-refractivity contribution in [2.45, 2.75) is 0 Å². The highest BCUT2D eigenvalue weighted by Gasteiger charge is 2.18. The van der Waals surface area contributed by atoms with Gasteiger partial charge in [-0.05, 0) is 76.1 Å². The van der Waals surface area contributed by atoms with E-state index in [2.05, 4.69) is 143 Å². The van der Waals surface area contributed by atoms with Crippen LogP contribution in [0.1, 0.15) is 0 Å². The molecule has 6 heteroatoms. The van der Waals surface area contributed by atoms with Gasteiger partial charge in [0.25, 0.3) is 0 Å². The number of hydrogen-bond donors (Lipinski definition) is 0. The van der Waals surface area contributed by atoms with Gasteiger partial charge in [0.1, 0.15) is 5.58 Å². The fraction of sp³-hybridized carbons (Fsp3) is 0. The minimum atomic E-state index is 0.567. The third-order valence-electron chi connectivity index (χ3n) is 10.1. The molecule has 0 atom stereocenters. The van der Waals surface area contributed by atoms with Gasteiger partial charge < -0.3 is 8.98 Å². The summed E-state index contributed by atoms with van der Waals surface area (Å²) in [5, 5.41) is 9.20. The van der Waals surface area contributed by atoms with Crippen LogP contribution < -0.4 is 0 Å². The Hall–Kier alpha value is -7.18. The third-order valence-corrected chi connectivity index (χ3v) is 10.1. The second kappa shape index (κ2) is 11.2. The maximum Gasteiger partial charge on any atom is 0.227 e. The van der Waals surface area contributed by atoms with Gasteiger partial charge in [0.2, 0.25) is 5.71 Å². The maximum atomic E-state index is 6.16. The normalized spacial score (nSPS) is 11.8. The van der Waals surface area contributed by atoms with Crippen LogP contribution in [0.3, 0.4) is 0 Å². The fourth-order valence-corrected chi connectivity index (χ4v) is 7.64. The Morgan fingerprint density at radius 2 is 1.10 bits per heavy atom. The summed E-state index contributed by atoms with van der Waals surface area (Å²) in [6.45, 7) is 0. The van der Waals surface area contributed by atoms with Crippen molar-refractivity contribution in [2.24, 2.45) is 0 Å². The second-order valence-electron chi connectivity index (χ2n) is 13.1. The van der Waals surface area contributed by atoms with Gasteiger partial charge in [-0.15, -0.1) is 0 Å². The summed E-state index contributed by atoms with van der Waals surface area (Å²) in [6.07, 6.45) is 1.75. The van der Waals surface area contributed by atoms with E-state index >= 15 is 0 Å². The van der Waals surface area contributed by atoms with Crippen molar-refractivity contribution in [1.82, 2.24) is 24.5 Å². The molecular formula is C46H27N5O. The van der Waals surface area contributed by atoms with E-state index in [1.165, 1.54) is 21.5 Å². The van der Waals surface area contributed by atoms with E-state index in [-0.39, 0.29) is 0 Å². The van der Waals surface area contributed by atoms with Crippen LogP contribution in [0, 0.1) is 0 Å². The van der Waals surface area contributed by atoms with Gasteiger partial charge in [-0.25, -0.2) is 19.9 Å². The Morgan fingerprint density at radius 1 is 0.423 bits per heavy atom. The SMILES string of the molecule is c1cc(-c2nc(-c3ccc4ccccc4c3)nc(-c3ccc4c(c3)oc3ncccc34)n2)cc(-n2c3ccccc3c3c4ccccc4ccc32)c1. The van der Waals surface area contributed by atoms with Crippen molar-refractivity contribution in [1.29, 1.82) is 0 Å². The molecule has 0 aliphatic heterocycles. The zero-order valence-corrected chi connectivity index (χ0v) is 27.7. The second-order valence-corrected chi connectivity index (χ2v) is 13.1.